The number of piperazine rings is 2. The fraction of sp³-hybridized carbons (Fsp3) is 0.458. The van der Waals surface area contributed by atoms with Crippen molar-refractivity contribution in [2.24, 2.45) is 0 Å². The third-order valence-corrected chi connectivity index (χ3v) is 12.8. The largest absolute Gasteiger partial charge is 0.382 e. The van der Waals surface area contributed by atoms with E-state index in [2.05, 4.69) is 85.6 Å². The van der Waals surface area contributed by atoms with Crippen LogP contribution >= 0.6 is 0 Å². The molecule has 0 unspecified atom stereocenters. The van der Waals surface area contributed by atoms with Gasteiger partial charge in [-0.15, -0.1) is 0 Å². The molecule has 2 saturated heterocycles. The fourth-order valence-corrected chi connectivity index (χ4v) is 9.55. The van der Waals surface area contributed by atoms with Crippen molar-refractivity contribution in [2.75, 3.05) is 67.5 Å². The van der Waals surface area contributed by atoms with Gasteiger partial charge in [-0.3, -0.25) is 19.4 Å². The lowest BCUT2D eigenvalue weighted by Gasteiger charge is -2.37. The first-order chi connectivity index (χ1) is 27.1. The fourth-order valence-electron chi connectivity index (χ4n) is 9.55. The minimum atomic E-state index is -0.130. The molecule has 8 rings (SSSR count). The van der Waals surface area contributed by atoms with Crippen LogP contribution < -0.4 is 15.1 Å². The van der Waals surface area contributed by atoms with Crippen molar-refractivity contribution in [3.05, 3.63) is 124 Å². The van der Waals surface area contributed by atoms with Gasteiger partial charge >= 0.3 is 0 Å². The van der Waals surface area contributed by atoms with Crippen LogP contribution in [0.15, 0.2) is 91.0 Å². The monoisotopic (exact) mass is 736 g/mol. The Labute approximate surface area is 328 Å². The Morgan fingerprint density at radius 1 is 0.600 bits per heavy atom. The molecule has 55 heavy (non-hydrogen) atoms. The van der Waals surface area contributed by atoms with E-state index in [1.807, 2.05) is 30.6 Å². The highest BCUT2D eigenvalue weighted by molar-refractivity contribution is 6.13. The molecule has 0 amide bonds. The Bertz CT molecular complexity index is 1880. The highest BCUT2D eigenvalue weighted by Gasteiger charge is 2.24. The number of nitrogens with zero attached hydrogens (tertiary/aromatic N) is 4. The molecule has 4 aromatic carbocycles. The van der Waals surface area contributed by atoms with Gasteiger partial charge in [0, 0.05) is 105 Å². The number of ketones is 1. The Balaban J connectivity index is 0.857. The van der Waals surface area contributed by atoms with Gasteiger partial charge in [0.2, 0.25) is 6.29 Å². The summed E-state index contributed by atoms with van der Waals surface area (Å²) in [4.78, 5) is 35.8. The van der Waals surface area contributed by atoms with Gasteiger partial charge in [0.15, 0.2) is 5.78 Å². The predicted octanol–water partition coefficient (Wildman–Crippen LogP) is 8.81. The van der Waals surface area contributed by atoms with Gasteiger partial charge < -0.3 is 15.1 Å². The lowest BCUT2D eigenvalue weighted by molar-refractivity contribution is 0.103. The van der Waals surface area contributed by atoms with Crippen LogP contribution in [0.1, 0.15) is 108 Å². The van der Waals surface area contributed by atoms with Crippen LogP contribution in [0, 0.1) is 0 Å². The van der Waals surface area contributed by atoms with Gasteiger partial charge in [-0.1, -0.05) is 81.0 Å². The number of hydrogen-bond donors (Lipinski definition) is 1. The molecule has 1 radical (unpaired) electrons. The molecule has 0 bridgehead atoms. The van der Waals surface area contributed by atoms with Crippen LogP contribution in [0.25, 0.3) is 0 Å². The first kappa shape index (κ1) is 37.5. The summed E-state index contributed by atoms with van der Waals surface area (Å²) in [5.41, 5.74) is 9.18. The molecule has 4 aliphatic rings. The Morgan fingerprint density at radius 2 is 1.16 bits per heavy atom. The lowest BCUT2D eigenvalue weighted by atomic mass is 9.82. The second-order valence-corrected chi connectivity index (χ2v) is 16.4. The summed E-state index contributed by atoms with van der Waals surface area (Å²) in [6.45, 7) is 9.51. The Hall–Kier alpha value is -4.46. The van der Waals surface area contributed by atoms with E-state index in [0.29, 0.717) is 28.7 Å². The van der Waals surface area contributed by atoms with E-state index in [-0.39, 0.29) is 5.78 Å². The van der Waals surface area contributed by atoms with Gasteiger partial charge in [-0.25, -0.2) is 0 Å². The maximum atomic E-state index is 13.9. The first-order valence-electron chi connectivity index (χ1n) is 21.1. The molecule has 0 atom stereocenters. The molecule has 2 aliphatic carbocycles. The SMILES string of the molecule is O=[C]c1ccc(N2CCN(Cc3ccccc3C3CCCCC3)CC2)cc1C(=O)c1ccc(N2CCN(Cc3ccccc3NC3CCCCC3)CC2)cc1. The molecule has 4 fully saturated rings. The summed E-state index contributed by atoms with van der Waals surface area (Å²) in [6.07, 6.45) is 15.3. The zero-order chi connectivity index (χ0) is 37.4. The molecule has 287 valence electrons. The van der Waals surface area contributed by atoms with Gasteiger partial charge in [0.25, 0.3) is 0 Å². The number of rotatable bonds is 12. The molecule has 2 heterocycles. The van der Waals surface area contributed by atoms with E-state index in [0.717, 1.165) is 76.8 Å². The van der Waals surface area contributed by atoms with E-state index in [1.165, 1.54) is 81.0 Å². The van der Waals surface area contributed by atoms with E-state index in [4.69, 9.17) is 0 Å². The number of para-hydroxylation sites is 1. The van der Waals surface area contributed by atoms with Crippen molar-refractivity contribution in [1.29, 1.82) is 0 Å². The molecule has 2 saturated carbocycles. The number of carbonyl (C=O) groups is 1. The average molecular weight is 737 g/mol. The third-order valence-electron chi connectivity index (χ3n) is 12.8. The van der Waals surface area contributed by atoms with Crippen molar-refractivity contribution >= 4 is 29.1 Å². The number of carbonyl (C=O) groups excluding carboxylic acids is 2. The van der Waals surface area contributed by atoms with Crippen LogP contribution in [-0.4, -0.2) is 80.3 Å². The Kier molecular flexibility index (Phi) is 12.3. The second-order valence-electron chi connectivity index (χ2n) is 16.4. The van der Waals surface area contributed by atoms with Crippen molar-refractivity contribution < 1.29 is 9.59 Å². The smallest absolute Gasteiger partial charge is 0.234 e. The van der Waals surface area contributed by atoms with Crippen LogP contribution in [0.5, 0.6) is 0 Å². The van der Waals surface area contributed by atoms with Gasteiger partial charge in [0.05, 0.1) is 0 Å². The van der Waals surface area contributed by atoms with E-state index in [1.54, 1.807) is 11.6 Å². The normalized spacial score (nSPS) is 19.3. The van der Waals surface area contributed by atoms with Gasteiger partial charge in [-0.2, -0.15) is 0 Å². The average Bonchev–Trinajstić information content (AvgIpc) is 3.25. The maximum absolute atomic E-state index is 13.9. The number of benzene rings is 4. The summed E-state index contributed by atoms with van der Waals surface area (Å²) < 4.78 is 0. The Morgan fingerprint density at radius 3 is 1.84 bits per heavy atom. The van der Waals surface area contributed by atoms with E-state index < -0.39 is 0 Å². The summed E-state index contributed by atoms with van der Waals surface area (Å²) >= 11 is 0. The molecule has 0 spiro atoms. The second kappa shape index (κ2) is 18.0. The number of anilines is 3. The molecule has 1 N–H and O–H groups in total. The van der Waals surface area contributed by atoms with Crippen LogP contribution in [0.3, 0.4) is 0 Å². The van der Waals surface area contributed by atoms with Gasteiger partial charge in [0.1, 0.15) is 0 Å². The van der Waals surface area contributed by atoms with E-state index in [9.17, 15) is 9.59 Å². The number of hydrogen-bond acceptors (Lipinski definition) is 7. The minimum Gasteiger partial charge on any atom is -0.382 e. The zero-order valence-electron chi connectivity index (χ0n) is 32.6. The summed E-state index contributed by atoms with van der Waals surface area (Å²) in [7, 11) is 0. The lowest BCUT2D eigenvalue weighted by Crippen LogP contribution is -2.46. The van der Waals surface area contributed by atoms with Crippen molar-refractivity contribution in [2.45, 2.75) is 89.3 Å². The third kappa shape index (κ3) is 9.16. The highest BCUT2D eigenvalue weighted by atomic mass is 16.1. The standard InChI is InChI=1S/C48H58N5O2/c54-36-41-21-24-44(53-31-27-50(28-32-53)34-39-13-7-9-17-45(39)37-11-3-1-4-12-37)33-46(41)48(55)38-19-22-43(23-20-38)52-29-25-51(26-30-52)35-40-14-8-10-18-47(40)49-42-15-5-2-6-16-42/h7-10,13-14,17-24,33,37,42,49H,1-6,11-12,15-16,25-32,34-35H2. The zero-order valence-corrected chi connectivity index (χ0v) is 32.6. The van der Waals surface area contributed by atoms with Crippen LogP contribution in [0.2, 0.25) is 0 Å². The maximum Gasteiger partial charge on any atom is 0.234 e. The van der Waals surface area contributed by atoms with Gasteiger partial charge in [-0.05, 0) is 96.8 Å². The molecular formula is C48H58N5O2. The summed E-state index contributed by atoms with van der Waals surface area (Å²) in [5.74, 6) is 0.574. The summed E-state index contributed by atoms with van der Waals surface area (Å²) in [6, 6.07) is 32.1. The van der Waals surface area contributed by atoms with Crippen molar-refractivity contribution in [3.8, 4) is 0 Å². The molecular weight excluding hydrogens is 679 g/mol. The molecule has 7 heteroatoms. The van der Waals surface area contributed by atoms with Crippen molar-refractivity contribution in [3.63, 3.8) is 0 Å². The molecule has 2 aliphatic heterocycles. The quantitative estimate of drug-likeness (QED) is 0.146. The van der Waals surface area contributed by atoms with Crippen molar-refractivity contribution in [1.82, 2.24) is 9.80 Å². The van der Waals surface area contributed by atoms with Crippen LogP contribution in [0.4, 0.5) is 17.1 Å². The van der Waals surface area contributed by atoms with Crippen LogP contribution in [-0.2, 0) is 17.9 Å². The minimum absolute atomic E-state index is 0.130. The molecule has 7 nitrogen and oxygen atoms in total. The molecule has 0 aromatic heterocycles. The van der Waals surface area contributed by atoms with E-state index >= 15 is 0 Å². The predicted molar refractivity (Wildman–Crippen MR) is 225 cm³/mol. The topological polar surface area (TPSA) is 59.1 Å². The first-order valence-corrected chi connectivity index (χ1v) is 21.1. The summed E-state index contributed by atoms with van der Waals surface area (Å²) in [5, 5.41) is 3.86. The molecule has 4 aromatic rings. The number of nitrogens with one attached hydrogen (secondary N) is 1. The highest BCUT2D eigenvalue weighted by Crippen LogP contribution is 2.35.